The van der Waals surface area contributed by atoms with Crippen molar-refractivity contribution in [1.82, 2.24) is 0 Å². The monoisotopic (exact) mass is 193 g/mol. The van der Waals surface area contributed by atoms with Crippen molar-refractivity contribution < 1.29 is 8.42 Å². The fraction of sp³-hybridized carbons (Fsp3) is 1.00. The molecular weight excluding hydrogens is 174 g/mol. The molecule has 0 heterocycles. The van der Waals surface area contributed by atoms with Crippen molar-refractivity contribution in [3.63, 3.8) is 0 Å². The van der Waals surface area contributed by atoms with Gasteiger partial charge in [-0.25, -0.2) is 8.42 Å². The number of nitrogens with two attached hydrogens (primary N) is 1. The molecule has 0 bridgehead atoms. The third kappa shape index (κ3) is 5.55. The van der Waals surface area contributed by atoms with Crippen molar-refractivity contribution in [2.24, 2.45) is 11.7 Å². The molecule has 1 atom stereocenters. The average molecular weight is 193 g/mol. The summed E-state index contributed by atoms with van der Waals surface area (Å²) >= 11 is 0. The predicted molar refractivity (Wildman–Crippen MR) is 51.8 cm³/mol. The molecule has 3 nitrogen and oxygen atoms in total. The molecule has 2 N–H and O–H groups in total. The number of rotatable bonds is 6. The van der Waals surface area contributed by atoms with E-state index in [2.05, 4.69) is 6.92 Å². The molecule has 4 heteroatoms. The maximum absolute atomic E-state index is 11.2. The van der Waals surface area contributed by atoms with E-state index in [0.717, 1.165) is 12.8 Å². The number of hydrogen-bond donors (Lipinski definition) is 1. The zero-order valence-electron chi connectivity index (χ0n) is 7.91. The summed E-state index contributed by atoms with van der Waals surface area (Å²) in [4.78, 5) is 0. The van der Waals surface area contributed by atoms with Crippen LogP contribution in [-0.2, 0) is 9.84 Å². The van der Waals surface area contributed by atoms with Crippen molar-refractivity contribution in [2.75, 3.05) is 18.1 Å². The van der Waals surface area contributed by atoms with Gasteiger partial charge in [0.05, 0.1) is 11.5 Å². The lowest BCUT2D eigenvalue weighted by Crippen LogP contribution is -2.22. The molecule has 0 aromatic rings. The molecular formula is C8H19NO2S. The van der Waals surface area contributed by atoms with Gasteiger partial charge in [-0.15, -0.1) is 0 Å². The summed E-state index contributed by atoms with van der Waals surface area (Å²) in [5.41, 5.74) is 5.19. The van der Waals surface area contributed by atoms with E-state index in [1.54, 1.807) is 0 Å². The summed E-state index contributed by atoms with van der Waals surface area (Å²) in [6.07, 6.45) is 2.02. The van der Waals surface area contributed by atoms with E-state index < -0.39 is 9.84 Å². The Morgan fingerprint density at radius 1 is 1.42 bits per heavy atom. The maximum Gasteiger partial charge on any atom is 0.151 e. The Balaban J connectivity index is 3.89. The summed E-state index contributed by atoms with van der Waals surface area (Å²) in [7, 11) is -2.88. The van der Waals surface area contributed by atoms with Crippen LogP contribution in [0.2, 0.25) is 0 Å². The van der Waals surface area contributed by atoms with Crippen LogP contribution in [0.5, 0.6) is 0 Å². The van der Waals surface area contributed by atoms with Crippen LogP contribution in [0.1, 0.15) is 26.7 Å². The van der Waals surface area contributed by atoms with Gasteiger partial charge < -0.3 is 5.73 Å². The molecule has 0 aromatic carbocycles. The summed E-state index contributed by atoms with van der Waals surface area (Å²) in [6.45, 7) is 4.27. The minimum absolute atomic E-state index is 0.126. The first-order valence-corrected chi connectivity index (χ1v) is 6.24. The van der Waals surface area contributed by atoms with E-state index in [1.165, 1.54) is 0 Å². The quantitative estimate of drug-likeness (QED) is 0.678. The Morgan fingerprint density at radius 3 is 2.42 bits per heavy atom. The Kier molecular flexibility index (Phi) is 5.50. The first-order valence-electron chi connectivity index (χ1n) is 4.42. The SMILES string of the molecule is CCCC(C)CS(=O)(=O)CCN. The van der Waals surface area contributed by atoms with E-state index in [0.29, 0.717) is 0 Å². The minimum atomic E-state index is -2.88. The Morgan fingerprint density at radius 2 is 2.00 bits per heavy atom. The molecule has 0 saturated carbocycles. The van der Waals surface area contributed by atoms with Gasteiger partial charge in [0, 0.05) is 6.54 Å². The molecule has 12 heavy (non-hydrogen) atoms. The fourth-order valence-electron chi connectivity index (χ4n) is 1.27. The molecule has 0 aliphatic heterocycles. The smallest absolute Gasteiger partial charge is 0.151 e. The molecule has 0 fully saturated rings. The molecule has 0 amide bonds. The van der Waals surface area contributed by atoms with Crippen molar-refractivity contribution >= 4 is 9.84 Å². The third-order valence-corrected chi connectivity index (χ3v) is 3.68. The van der Waals surface area contributed by atoms with Crippen molar-refractivity contribution in [2.45, 2.75) is 26.7 Å². The minimum Gasteiger partial charge on any atom is -0.329 e. The summed E-state index contributed by atoms with van der Waals surface area (Å²) in [5.74, 6) is 0.686. The summed E-state index contributed by atoms with van der Waals surface area (Å²) in [5, 5.41) is 0. The number of sulfone groups is 1. The normalized spacial score (nSPS) is 14.6. The van der Waals surface area contributed by atoms with Crippen LogP contribution in [0.3, 0.4) is 0 Å². The summed E-state index contributed by atoms with van der Waals surface area (Å²) in [6, 6.07) is 0. The molecule has 0 spiro atoms. The Labute approximate surface area is 75.3 Å². The fourth-order valence-corrected chi connectivity index (χ4v) is 2.83. The molecule has 0 rings (SSSR count). The first kappa shape index (κ1) is 11.9. The van der Waals surface area contributed by atoms with Crippen LogP contribution in [0.15, 0.2) is 0 Å². The lowest BCUT2D eigenvalue weighted by molar-refractivity contribution is 0.545. The Bertz CT molecular complexity index is 199. The highest BCUT2D eigenvalue weighted by atomic mass is 32.2. The second kappa shape index (κ2) is 5.54. The van der Waals surface area contributed by atoms with Crippen molar-refractivity contribution in [1.29, 1.82) is 0 Å². The molecule has 0 aromatic heterocycles. The largest absolute Gasteiger partial charge is 0.329 e. The van der Waals surface area contributed by atoms with Crippen LogP contribution in [0.4, 0.5) is 0 Å². The lowest BCUT2D eigenvalue weighted by atomic mass is 10.1. The highest BCUT2D eigenvalue weighted by Gasteiger charge is 2.13. The zero-order valence-corrected chi connectivity index (χ0v) is 8.73. The van der Waals surface area contributed by atoms with Gasteiger partial charge in [0.1, 0.15) is 0 Å². The summed E-state index contributed by atoms with van der Waals surface area (Å²) < 4.78 is 22.5. The first-order chi connectivity index (χ1) is 5.52. The van der Waals surface area contributed by atoms with E-state index in [4.69, 9.17) is 5.73 Å². The van der Waals surface area contributed by atoms with Crippen LogP contribution in [-0.4, -0.2) is 26.5 Å². The van der Waals surface area contributed by atoms with Gasteiger partial charge in [0.25, 0.3) is 0 Å². The third-order valence-electron chi connectivity index (χ3n) is 1.75. The van der Waals surface area contributed by atoms with Gasteiger partial charge in [0.2, 0.25) is 0 Å². The predicted octanol–water partition coefficient (Wildman–Crippen LogP) is 0.796. The van der Waals surface area contributed by atoms with Crippen LogP contribution in [0, 0.1) is 5.92 Å². The second-order valence-electron chi connectivity index (χ2n) is 3.30. The molecule has 0 saturated heterocycles. The van der Waals surface area contributed by atoms with Crippen molar-refractivity contribution in [3.8, 4) is 0 Å². The van der Waals surface area contributed by atoms with Crippen LogP contribution in [0.25, 0.3) is 0 Å². The highest BCUT2D eigenvalue weighted by molar-refractivity contribution is 7.91. The van der Waals surface area contributed by atoms with E-state index in [1.807, 2.05) is 6.92 Å². The van der Waals surface area contributed by atoms with Crippen molar-refractivity contribution in [3.05, 3.63) is 0 Å². The van der Waals surface area contributed by atoms with Crippen LogP contribution < -0.4 is 5.73 Å². The molecule has 0 aliphatic rings. The molecule has 0 aliphatic carbocycles. The van der Waals surface area contributed by atoms with Gasteiger partial charge in [-0.2, -0.15) is 0 Å². The Hall–Kier alpha value is -0.0900. The van der Waals surface area contributed by atoms with Gasteiger partial charge in [-0.05, 0) is 5.92 Å². The van der Waals surface area contributed by atoms with Gasteiger partial charge in [0.15, 0.2) is 9.84 Å². The van der Waals surface area contributed by atoms with E-state index in [-0.39, 0.29) is 24.0 Å². The zero-order chi connectivity index (χ0) is 9.61. The van der Waals surface area contributed by atoms with Gasteiger partial charge >= 0.3 is 0 Å². The standard InChI is InChI=1S/C8H19NO2S/c1-3-4-8(2)7-12(10,11)6-5-9/h8H,3-7,9H2,1-2H3. The number of hydrogen-bond acceptors (Lipinski definition) is 3. The van der Waals surface area contributed by atoms with Crippen LogP contribution >= 0.6 is 0 Å². The highest BCUT2D eigenvalue weighted by Crippen LogP contribution is 2.08. The molecule has 0 radical (unpaired) electrons. The van der Waals surface area contributed by atoms with E-state index >= 15 is 0 Å². The second-order valence-corrected chi connectivity index (χ2v) is 5.53. The molecule has 74 valence electrons. The average Bonchev–Trinajstić information content (AvgIpc) is 1.85. The maximum atomic E-state index is 11.2. The van der Waals surface area contributed by atoms with Gasteiger partial charge in [-0.1, -0.05) is 26.7 Å². The van der Waals surface area contributed by atoms with E-state index in [9.17, 15) is 8.42 Å². The van der Waals surface area contributed by atoms with Gasteiger partial charge in [-0.3, -0.25) is 0 Å². The lowest BCUT2D eigenvalue weighted by Gasteiger charge is -2.09. The topological polar surface area (TPSA) is 60.2 Å². The molecule has 1 unspecified atom stereocenters.